The van der Waals surface area contributed by atoms with Crippen molar-refractivity contribution in [3.8, 4) is 5.69 Å². The van der Waals surface area contributed by atoms with Crippen molar-refractivity contribution in [2.45, 2.75) is 19.8 Å². The number of aromatic nitrogens is 1. The number of Topliss-reactive ketones (excluding diaryl/α,β-unsaturated/α-hetero) is 1. The molecule has 0 bridgehead atoms. The van der Waals surface area contributed by atoms with Crippen LogP contribution in [0.25, 0.3) is 5.69 Å². The Labute approximate surface area is 148 Å². The highest BCUT2D eigenvalue weighted by Gasteiger charge is 2.07. The largest absolute Gasteiger partial charge is 0.345 e. The lowest BCUT2D eigenvalue weighted by Gasteiger charge is -2.03. The minimum absolute atomic E-state index is 0.0126. The zero-order valence-electron chi connectivity index (χ0n) is 14.4. The van der Waals surface area contributed by atoms with Gasteiger partial charge in [0.1, 0.15) is 0 Å². The maximum Gasteiger partial charge on any atom is 0.244 e. The van der Waals surface area contributed by atoms with E-state index in [1.165, 1.54) is 6.08 Å². The molecule has 25 heavy (non-hydrogen) atoms. The number of carbonyl (C=O) groups is 2. The Morgan fingerprint density at radius 2 is 1.76 bits per heavy atom. The first-order valence-electron chi connectivity index (χ1n) is 8.23. The lowest BCUT2D eigenvalue weighted by atomic mass is 10.1. The first-order chi connectivity index (χ1) is 12.0. The van der Waals surface area contributed by atoms with Gasteiger partial charge in [-0.25, -0.2) is 0 Å². The summed E-state index contributed by atoms with van der Waals surface area (Å²) in [5, 5.41) is 2.58. The Morgan fingerprint density at radius 3 is 2.40 bits per heavy atom. The van der Waals surface area contributed by atoms with Crippen molar-refractivity contribution in [1.82, 2.24) is 5.32 Å². The number of amides is 1. The summed E-state index contributed by atoms with van der Waals surface area (Å²) in [7, 11) is 0. The molecule has 0 fully saturated rings. The molecule has 0 aliphatic heterocycles. The number of benzene rings is 1. The van der Waals surface area contributed by atoms with Crippen LogP contribution in [0.5, 0.6) is 0 Å². The second-order valence-corrected chi connectivity index (χ2v) is 5.89. The van der Waals surface area contributed by atoms with Gasteiger partial charge in [0.15, 0.2) is 18.2 Å². The first kappa shape index (κ1) is 18.3. The van der Waals surface area contributed by atoms with Crippen LogP contribution in [0.2, 0.25) is 0 Å². The normalized spacial score (nSPS) is 10.6. The molecule has 1 aromatic heterocycles. The number of pyridine rings is 1. The van der Waals surface area contributed by atoms with Gasteiger partial charge in [-0.3, -0.25) is 9.59 Å². The number of nitrogens with one attached hydrogen (secondary N) is 1. The number of hydrogen-bond acceptors (Lipinski definition) is 2. The summed E-state index contributed by atoms with van der Waals surface area (Å²) < 4.78 is 2.03. The fourth-order valence-corrected chi connectivity index (χ4v) is 2.24. The molecule has 0 saturated heterocycles. The molecular weight excluding hydrogens is 312 g/mol. The van der Waals surface area contributed by atoms with Crippen LogP contribution in [0.3, 0.4) is 0 Å². The SMILES string of the molecule is C=C(C)/C=C/C(=O)NCC(=O)CCc1ccc(-[n+]2ccccc2)cc1. The Hall–Kier alpha value is -3.01. The fourth-order valence-electron chi connectivity index (χ4n) is 2.24. The highest BCUT2D eigenvalue weighted by molar-refractivity contribution is 5.92. The number of allylic oxidation sites excluding steroid dienone is 2. The summed E-state index contributed by atoms with van der Waals surface area (Å²) in [6.45, 7) is 5.53. The average Bonchev–Trinajstić information content (AvgIpc) is 2.64. The Balaban J connectivity index is 1.78. The van der Waals surface area contributed by atoms with E-state index in [-0.39, 0.29) is 18.2 Å². The number of rotatable bonds is 8. The Morgan fingerprint density at radius 1 is 1.08 bits per heavy atom. The monoisotopic (exact) mass is 335 g/mol. The highest BCUT2D eigenvalue weighted by Crippen LogP contribution is 2.07. The zero-order valence-corrected chi connectivity index (χ0v) is 14.4. The van der Waals surface area contributed by atoms with Crippen LogP contribution in [-0.4, -0.2) is 18.2 Å². The van der Waals surface area contributed by atoms with Gasteiger partial charge >= 0.3 is 0 Å². The lowest BCUT2D eigenvalue weighted by molar-refractivity contribution is -0.595. The second-order valence-electron chi connectivity index (χ2n) is 5.89. The molecule has 4 heteroatoms. The summed E-state index contributed by atoms with van der Waals surface area (Å²) in [5.74, 6) is -0.265. The van der Waals surface area contributed by atoms with Gasteiger partial charge in [0.2, 0.25) is 11.6 Å². The summed E-state index contributed by atoms with van der Waals surface area (Å²) in [4.78, 5) is 23.4. The molecule has 128 valence electrons. The molecule has 2 aromatic rings. The number of nitrogens with zero attached hydrogens (tertiary/aromatic N) is 1. The number of hydrogen-bond donors (Lipinski definition) is 1. The third-order valence-electron chi connectivity index (χ3n) is 3.62. The van der Waals surface area contributed by atoms with E-state index in [0.29, 0.717) is 12.8 Å². The first-order valence-corrected chi connectivity index (χ1v) is 8.23. The fraction of sp³-hybridized carbons (Fsp3) is 0.190. The minimum atomic E-state index is -0.277. The molecule has 0 aliphatic carbocycles. The summed E-state index contributed by atoms with van der Waals surface area (Å²) in [6.07, 6.45) is 8.05. The van der Waals surface area contributed by atoms with Crippen LogP contribution in [0.4, 0.5) is 0 Å². The molecule has 1 N–H and O–H groups in total. The molecule has 1 aromatic carbocycles. The quantitative estimate of drug-likeness (QED) is 0.458. The van der Waals surface area contributed by atoms with Crippen LogP contribution in [-0.2, 0) is 16.0 Å². The van der Waals surface area contributed by atoms with Gasteiger partial charge in [-0.1, -0.05) is 36.4 Å². The van der Waals surface area contributed by atoms with E-state index < -0.39 is 0 Å². The number of ketones is 1. The van der Waals surface area contributed by atoms with Crippen molar-refractivity contribution in [2.75, 3.05) is 6.54 Å². The molecule has 0 spiro atoms. The third kappa shape index (κ3) is 6.55. The Kier molecular flexibility index (Phi) is 6.84. The molecule has 1 heterocycles. The van der Waals surface area contributed by atoms with E-state index in [0.717, 1.165) is 16.8 Å². The molecule has 4 nitrogen and oxygen atoms in total. The van der Waals surface area contributed by atoms with Crippen LogP contribution in [0, 0.1) is 0 Å². The van der Waals surface area contributed by atoms with Crippen LogP contribution in [0.1, 0.15) is 18.9 Å². The highest BCUT2D eigenvalue weighted by atomic mass is 16.2. The lowest BCUT2D eigenvalue weighted by Crippen LogP contribution is -2.28. The number of carbonyl (C=O) groups excluding carboxylic acids is 2. The van der Waals surface area contributed by atoms with E-state index in [1.54, 1.807) is 13.0 Å². The van der Waals surface area contributed by atoms with Crippen molar-refractivity contribution in [3.05, 3.63) is 84.7 Å². The Bertz CT molecular complexity index is 762. The average molecular weight is 335 g/mol. The van der Waals surface area contributed by atoms with Gasteiger partial charge in [0.25, 0.3) is 0 Å². The van der Waals surface area contributed by atoms with Gasteiger partial charge in [0, 0.05) is 36.8 Å². The summed E-state index contributed by atoms with van der Waals surface area (Å²) in [6, 6.07) is 14.0. The topological polar surface area (TPSA) is 50.1 Å². The predicted molar refractivity (Wildman–Crippen MR) is 98.3 cm³/mol. The molecule has 0 atom stereocenters. The molecule has 0 radical (unpaired) electrons. The summed E-state index contributed by atoms with van der Waals surface area (Å²) >= 11 is 0. The van der Waals surface area contributed by atoms with Crippen molar-refractivity contribution in [2.24, 2.45) is 0 Å². The van der Waals surface area contributed by atoms with E-state index in [1.807, 2.05) is 59.4 Å². The van der Waals surface area contributed by atoms with Gasteiger partial charge in [-0.2, -0.15) is 4.57 Å². The van der Waals surface area contributed by atoms with E-state index in [4.69, 9.17) is 0 Å². The molecule has 2 rings (SSSR count). The van der Waals surface area contributed by atoms with Gasteiger partial charge in [-0.15, -0.1) is 0 Å². The zero-order chi connectivity index (χ0) is 18.1. The molecular formula is C21H23N2O2+. The van der Waals surface area contributed by atoms with Crippen molar-refractivity contribution in [3.63, 3.8) is 0 Å². The van der Waals surface area contributed by atoms with Crippen molar-refractivity contribution in [1.29, 1.82) is 0 Å². The van der Waals surface area contributed by atoms with Gasteiger partial charge in [-0.05, 0) is 18.9 Å². The van der Waals surface area contributed by atoms with E-state index in [9.17, 15) is 9.59 Å². The van der Waals surface area contributed by atoms with Crippen molar-refractivity contribution < 1.29 is 14.2 Å². The molecule has 1 amide bonds. The summed E-state index contributed by atoms with van der Waals surface area (Å²) in [5.41, 5.74) is 2.97. The second kappa shape index (κ2) is 9.33. The number of aryl methyl sites for hydroxylation is 1. The van der Waals surface area contributed by atoms with Crippen LogP contribution < -0.4 is 9.88 Å². The third-order valence-corrected chi connectivity index (χ3v) is 3.62. The van der Waals surface area contributed by atoms with Crippen LogP contribution in [0.15, 0.2) is 79.2 Å². The molecule has 0 aliphatic rings. The van der Waals surface area contributed by atoms with Gasteiger partial charge in [0.05, 0.1) is 6.54 Å². The minimum Gasteiger partial charge on any atom is -0.345 e. The smallest absolute Gasteiger partial charge is 0.244 e. The maximum absolute atomic E-state index is 11.9. The molecule has 0 saturated carbocycles. The van der Waals surface area contributed by atoms with Crippen molar-refractivity contribution >= 4 is 11.7 Å². The van der Waals surface area contributed by atoms with E-state index in [2.05, 4.69) is 11.9 Å². The van der Waals surface area contributed by atoms with E-state index >= 15 is 0 Å². The maximum atomic E-state index is 11.9. The van der Waals surface area contributed by atoms with Gasteiger partial charge < -0.3 is 5.32 Å². The molecule has 0 unspecified atom stereocenters. The standard InChI is InChI=1S/C21H22N2O2/c1-17(2)6-13-21(25)22-16-20(24)12-9-18-7-10-19(11-8-18)23-14-4-3-5-15-23/h3-8,10-11,13-15H,1,9,12,16H2,2H3/p+1/b13-6+. The van der Waals surface area contributed by atoms with Crippen LogP contribution >= 0.6 is 0 Å². The predicted octanol–water partition coefficient (Wildman–Crippen LogP) is 2.71.